The summed E-state index contributed by atoms with van der Waals surface area (Å²) in [4.78, 5) is 10.3. The molecule has 0 radical (unpaired) electrons. The molecule has 29 heavy (non-hydrogen) atoms. The van der Waals surface area contributed by atoms with Gasteiger partial charge in [0, 0.05) is 56.1 Å². The van der Waals surface area contributed by atoms with E-state index in [1.165, 1.54) is 22.2 Å². The fraction of sp³-hybridized carbons (Fsp3) is 0.375. The van der Waals surface area contributed by atoms with Gasteiger partial charge in [-0.3, -0.25) is 4.99 Å². The smallest absolute Gasteiger partial charge is 0.193 e. The van der Waals surface area contributed by atoms with E-state index in [0.717, 1.165) is 50.6 Å². The lowest BCUT2D eigenvalue weighted by molar-refractivity contribution is 0.129. The highest BCUT2D eigenvalue weighted by atomic mass is 16.5. The molecule has 1 fully saturated rings. The molecule has 5 nitrogen and oxygen atoms in total. The Balaban J connectivity index is 1.28. The van der Waals surface area contributed by atoms with Gasteiger partial charge in [-0.15, -0.1) is 0 Å². The Morgan fingerprint density at radius 1 is 1.10 bits per heavy atom. The third kappa shape index (κ3) is 4.56. The van der Waals surface area contributed by atoms with Crippen LogP contribution in [0.3, 0.4) is 0 Å². The van der Waals surface area contributed by atoms with E-state index in [9.17, 15) is 0 Å². The monoisotopic (exact) mass is 390 g/mol. The molecule has 1 aliphatic rings. The van der Waals surface area contributed by atoms with Gasteiger partial charge in [-0.1, -0.05) is 36.4 Å². The van der Waals surface area contributed by atoms with E-state index in [1.807, 2.05) is 37.4 Å². The summed E-state index contributed by atoms with van der Waals surface area (Å²) in [6.07, 6.45) is 3.28. The van der Waals surface area contributed by atoms with Crippen LogP contribution in [0.4, 0.5) is 0 Å². The highest BCUT2D eigenvalue weighted by Gasteiger charge is 2.22. The number of H-pyrrole nitrogens is 1. The number of ether oxygens (including phenoxy) is 1. The van der Waals surface area contributed by atoms with Gasteiger partial charge < -0.3 is 19.9 Å². The molecule has 2 heterocycles. The number of nitrogens with zero attached hydrogens (tertiary/aromatic N) is 2. The van der Waals surface area contributed by atoms with Crippen LogP contribution in [-0.2, 0) is 6.42 Å². The van der Waals surface area contributed by atoms with Crippen LogP contribution in [0.2, 0.25) is 0 Å². The number of para-hydroxylation sites is 2. The summed E-state index contributed by atoms with van der Waals surface area (Å²) in [5.74, 6) is 1.95. The summed E-state index contributed by atoms with van der Waals surface area (Å²) < 4.78 is 6.11. The summed E-state index contributed by atoms with van der Waals surface area (Å²) in [5.41, 5.74) is 3.85. The standard InChI is InChI=1S/C24H30N4O/c1-18-21(22-10-6-7-11-23(22)27-18)12-15-26-24(25-2)28-16-13-20(14-17-28)29-19-8-4-3-5-9-19/h3-11,20,27H,12-17H2,1-2H3,(H,25,26). The molecule has 1 aliphatic heterocycles. The average molecular weight is 391 g/mol. The number of rotatable bonds is 5. The molecule has 152 valence electrons. The van der Waals surface area contributed by atoms with Crippen molar-refractivity contribution in [3.05, 3.63) is 65.9 Å². The van der Waals surface area contributed by atoms with E-state index in [-0.39, 0.29) is 6.10 Å². The number of fused-ring (bicyclic) bond motifs is 1. The molecule has 1 aromatic heterocycles. The van der Waals surface area contributed by atoms with Crippen molar-refractivity contribution < 1.29 is 4.74 Å². The first-order valence-corrected chi connectivity index (χ1v) is 10.5. The third-order valence-corrected chi connectivity index (χ3v) is 5.68. The maximum Gasteiger partial charge on any atom is 0.193 e. The van der Waals surface area contributed by atoms with Crippen LogP contribution in [0, 0.1) is 6.92 Å². The van der Waals surface area contributed by atoms with Crippen LogP contribution < -0.4 is 10.1 Å². The predicted molar refractivity (Wildman–Crippen MR) is 120 cm³/mol. The van der Waals surface area contributed by atoms with E-state index < -0.39 is 0 Å². The quantitative estimate of drug-likeness (QED) is 0.509. The van der Waals surface area contributed by atoms with Gasteiger partial charge >= 0.3 is 0 Å². The molecule has 0 saturated carbocycles. The molecule has 0 spiro atoms. The number of aryl methyl sites for hydroxylation is 1. The Morgan fingerprint density at radius 3 is 2.59 bits per heavy atom. The van der Waals surface area contributed by atoms with Gasteiger partial charge in [0.15, 0.2) is 5.96 Å². The van der Waals surface area contributed by atoms with Crippen molar-refractivity contribution in [3.8, 4) is 5.75 Å². The number of aromatic nitrogens is 1. The Kier molecular flexibility index (Phi) is 6.03. The first kappa shape index (κ1) is 19.4. The second-order valence-electron chi connectivity index (χ2n) is 7.62. The zero-order valence-electron chi connectivity index (χ0n) is 17.3. The number of hydrogen-bond donors (Lipinski definition) is 2. The summed E-state index contributed by atoms with van der Waals surface area (Å²) in [5, 5.41) is 4.88. The molecule has 3 aromatic rings. The minimum Gasteiger partial charge on any atom is -0.490 e. The number of piperidine rings is 1. The van der Waals surface area contributed by atoms with Crippen LogP contribution >= 0.6 is 0 Å². The molecular formula is C24H30N4O. The summed E-state index contributed by atoms with van der Waals surface area (Å²) in [7, 11) is 1.87. The van der Waals surface area contributed by atoms with Crippen LogP contribution in [0.1, 0.15) is 24.1 Å². The van der Waals surface area contributed by atoms with E-state index in [2.05, 4.69) is 51.4 Å². The minimum atomic E-state index is 0.278. The van der Waals surface area contributed by atoms with Gasteiger partial charge in [-0.2, -0.15) is 0 Å². The molecule has 0 bridgehead atoms. The van der Waals surface area contributed by atoms with Crippen molar-refractivity contribution in [1.29, 1.82) is 0 Å². The molecule has 2 N–H and O–H groups in total. The second-order valence-corrected chi connectivity index (χ2v) is 7.62. The number of benzene rings is 2. The summed E-state index contributed by atoms with van der Waals surface area (Å²) in [6, 6.07) is 18.6. The molecule has 0 atom stereocenters. The molecule has 1 saturated heterocycles. The van der Waals surface area contributed by atoms with Gasteiger partial charge in [0.25, 0.3) is 0 Å². The zero-order valence-corrected chi connectivity index (χ0v) is 17.3. The van der Waals surface area contributed by atoms with Gasteiger partial charge in [-0.05, 0) is 37.1 Å². The number of aromatic amines is 1. The molecule has 4 rings (SSSR count). The van der Waals surface area contributed by atoms with Crippen molar-refractivity contribution >= 4 is 16.9 Å². The molecule has 0 aliphatic carbocycles. The minimum absolute atomic E-state index is 0.278. The first-order chi connectivity index (χ1) is 14.2. The average Bonchev–Trinajstić information content (AvgIpc) is 3.08. The van der Waals surface area contributed by atoms with Gasteiger partial charge in [0.1, 0.15) is 11.9 Å². The van der Waals surface area contributed by atoms with Crippen LogP contribution in [-0.4, -0.2) is 48.6 Å². The number of aliphatic imine (C=N–C) groups is 1. The molecule has 0 amide bonds. The fourth-order valence-corrected chi connectivity index (χ4v) is 4.17. The number of likely N-dealkylation sites (tertiary alicyclic amines) is 1. The maximum atomic E-state index is 6.11. The highest BCUT2D eigenvalue weighted by Crippen LogP contribution is 2.22. The van der Waals surface area contributed by atoms with Gasteiger partial charge in [-0.25, -0.2) is 0 Å². The lowest BCUT2D eigenvalue weighted by Gasteiger charge is -2.34. The summed E-state index contributed by atoms with van der Waals surface area (Å²) >= 11 is 0. The summed E-state index contributed by atoms with van der Waals surface area (Å²) in [6.45, 7) is 4.95. The molecular weight excluding hydrogens is 360 g/mol. The second kappa shape index (κ2) is 9.03. The Bertz CT molecular complexity index is 955. The fourth-order valence-electron chi connectivity index (χ4n) is 4.17. The van der Waals surface area contributed by atoms with Gasteiger partial charge in [0.05, 0.1) is 0 Å². The lowest BCUT2D eigenvalue weighted by Crippen LogP contribution is -2.47. The largest absolute Gasteiger partial charge is 0.490 e. The number of hydrogen-bond acceptors (Lipinski definition) is 2. The van der Waals surface area contributed by atoms with Crippen molar-refractivity contribution in [1.82, 2.24) is 15.2 Å². The van der Waals surface area contributed by atoms with Crippen molar-refractivity contribution in [3.63, 3.8) is 0 Å². The lowest BCUT2D eigenvalue weighted by atomic mass is 10.1. The van der Waals surface area contributed by atoms with Crippen LogP contribution in [0.5, 0.6) is 5.75 Å². The van der Waals surface area contributed by atoms with Crippen LogP contribution in [0.25, 0.3) is 10.9 Å². The molecule has 2 aromatic carbocycles. The topological polar surface area (TPSA) is 52.7 Å². The highest BCUT2D eigenvalue weighted by molar-refractivity contribution is 5.84. The number of guanidine groups is 1. The van der Waals surface area contributed by atoms with E-state index in [0.29, 0.717) is 0 Å². The Labute approximate surface area is 172 Å². The molecule has 0 unspecified atom stereocenters. The molecule has 5 heteroatoms. The first-order valence-electron chi connectivity index (χ1n) is 10.5. The number of nitrogens with one attached hydrogen (secondary N) is 2. The van der Waals surface area contributed by atoms with Gasteiger partial charge in [0.2, 0.25) is 0 Å². The Morgan fingerprint density at radius 2 is 1.83 bits per heavy atom. The van der Waals surface area contributed by atoms with E-state index >= 15 is 0 Å². The van der Waals surface area contributed by atoms with E-state index in [1.54, 1.807) is 0 Å². The van der Waals surface area contributed by atoms with Crippen molar-refractivity contribution in [2.24, 2.45) is 4.99 Å². The van der Waals surface area contributed by atoms with Crippen LogP contribution in [0.15, 0.2) is 59.6 Å². The normalized spacial score (nSPS) is 15.7. The van der Waals surface area contributed by atoms with E-state index in [4.69, 9.17) is 4.74 Å². The van der Waals surface area contributed by atoms with Crippen molar-refractivity contribution in [2.75, 3.05) is 26.7 Å². The zero-order chi connectivity index (χ0) is 20.1. The SMILES string of the molecule is CN=C(NCCc1c(C)[nH]c2ccccc12)N1CCC(Oc2ccccc2)CC1. The Hall–Kier alpha value is -2.95. The van der Waals surface area contributed by atoms with Crippen molar-refractivity contribution in [2.45, 2.75) is 32.3 Å². The third-order valence-electron chi connectivity index (χ3n) is 5.68. The predicted octanol–water partition coefficient (Wildman–Crippen LogP) is 4.14. The maximum absolute atomic E-state index is 6.11.